The minimum atomic E-state index is -0.446. The number of imide groups is 1. The first-order chi connectivity index (χ1) is 11.2. The minimum Gasteiger partial charge on any atom is -0.266 e. The van der Waals surface area contributed by atoms with Crippen LogP contribution in [0.1, 0.15) is 52.5 Å². The summed E-state index contributed by atoms with van der Waals surface area (Å²) < 4.78 is 0. The van der Waals surface area contributed by atoms with Crippen LogP contribution >= 0.6 is 0 Å². The number of hydrogen-bond acceptors (Lipinski definition) is 3. The molecule has 0 unspecified atom stereocenters. The summed E-state index contributed by atoms with van der Waals surface area (Å²) in [6.07, 6.45) is 2.99. The van der Waals surface area contributed by atoms with Crippen molar-refractivity contribution in [2.24, 2.45) is 0 Å². The highest BCUT2D eigenvalue weighted by Gasteiger charge is 2.33. The van der Waals surface area contributed by atoms with E-state index in [9.17, 15) is 9.59 Å². The molecular formula is C19H17NO3. The molecule has 1 aliphatic rings. The van der Waals surface area contributed by atoms with Crippen LogP contribution in [0.2, 0.25) is 0 Å². The maximum absolute atomic E-state index is 12.5. The molecule has 0 aromatic heterocycles. The van der Waals surface area contributed by atoms with E-state index in [2.05, 4.69) is 18.8 Å². The Labute approximate surface area is 135 Å². The lowest BCUT2D eigenvalue weighted by Gasteiger charge is -2.24. The van der Waals surface area contributed by atoms with Crippen LogP contribution in [-0.4, -0.2) is 24.0 Å². The van der Waals surface area contributed by atoms with Crippen molar-refractivity contribution >= 4 is 22.6 Å². The first kappa shape index (κ1) is 15.3. The van der Waals surface area contributed by atoms with Gasteiger partial charge < -0.3 is 0 Å². The number of benzene rings is 2. The van der Waals surface area contributed by atoms with Gasteiger partial charge in [0.2, 0.25) is 0 Å². The number of unbranched alkanes of at least 4 members (excludes halogenated alkanes) is 2. The molecule has 2 aromatic carbocycles. The molecule has 1 aliphatic heterocycles. The van der Waals surface area contributed by atoms with Crippen LogP contribution in [0, 0.1) is 11.8 Å². The smallest absolute Gasteiger partial charge is 0.266 e. The second kappa shape index (κ2) is 6.23. The molecule has 0 bridgehead atoms. The Kier molecular flexibility index (Phi) is 4.14. The summed E-state index contributed by atoms with van der Waals surface area (Å²) in [4.78, 5) is 29.8. The summed E-state index contributed by atoms with van der Waals surface area (Å²) in [6.45, 7) is 2.12. The fourth-order valence-electron chi connectivity index (χ4n) is 2.75. The van der Waals surface area contributed by atoms with Gasteiger partial charge in [-0.25, -0.2) is 0 Å². The van der Waals surface area contributed by atoms with E-state index >= 15 is 0 Å². The van der Waals surface area contributed by atoms with Crippen LogP contribution < -0.4 is 0 Å². The van der Waals surface area contributed by atoms with Crippen molar-refractivity contribution in [3.05, 3.63) is 47.0 Å². The van der Waals surface area contributed by atoms with E-state index in [0.717, 1.165) is 35.3 Å². The molecule has 0 fully saturated rings. The van der Waals surface area contributed by atoms with E-state index in [1.54, 1.807) is 18.2 Å². The van der Waals surface area contributed by atoms with E-state index in [0.29, 0.717) is 16.5 Å². The highest BCUT2D eigenvalue weighted by Crippen LogP contribution is 2.31. The highest BCUT2D eigenvalue weighted by atomic mass is 16.7. The van der Waals surface area contributed by atoms with Crippen LogP contribution in [-0.2, 0) is 4.84 Å². The maximum Gasteiger partial charge on any atom is 0.285 e. The molecule has 1 heterocycles. The third-order valence-electron chi connectivity index (χ3n) is 3.88. The van der Waals surface area contributed by atoms with Gasteiger partial charge >= 0.3 is 0 Å². The minimum absolute atomic E-state index is 0.433. The Bertz CT molecular complexity index is 858. The molecule has 116 valence electrons. The summed E-state index contributed by atoms with van der Waals surface area (Å²) in [5.41, 5.74) is 1.71. The molecule has 23 heavy (non-hydrogen) atoms. The van der Waals surface area contributed by atoms with Crippen molar-refractivity contribution in [2.45, 2.75) is 26.2 Å². The van der Waals surface area contributed by atoms with Crippen molar-refractivity contribution in [3.8, 4) is 11.8 Å². The van der Waals surface area contributed by atoms with Crippen molar-refractivity contribution in [3.63, 3.8) is 0 Å². The zero-order valence-electron chi connectivity index (χ0n) is 13.2. The van der Waals surface area contributed by atoms with Crippen LogP contribution in [0.15, 0.2) is 30.3 Å². The average molecular weight is 307 g/mol. The number of nitrogens with zero attached hydrogens (tertiary/aromatic N) is 1. The third kappa shape index (κ3) is 2.60. The van der Waals surface area contributed by atoms with E-state index < -0.39 is 11.8 Å². The summed E-state index contributed by atoms with van der Waals surface area (Å²) in [7, 11) is 1.31. The van der Waals surface area contributed by atoms with Gasteiger partial charge in [0.05, 0.1) is 18.2 Å². The maximum atomic E-state index is 12.5. The van der Waals surface area contributed by atoms with Gasteiger partial charge in [-0.15, -0.1) is 5.06 Å². The largest absolute Gasteiger partial charge is 0.285 e. The Balaban J connectivity index is 2.16. The summed E-state index contributed by atoms with van der Waals surface area (Å²) >= 11 is 0. The molecule has 4 heteroatoms. The van der Waals surface area contributed by atoms with E-state index in [4.69, 9.17) is 4.84 Å². The van der Waals surface area contributed by atoms with Gasteiger partial charge in [0.1, 0.15) is 0 Å². The first-order valence-electron chi connectivity index (χ1n) is 7.66. The number of hydrogen-bond donors (Lipinski definition) is 0. The summed E-state index contributed by atoms with van der Waals surface area (Å²) in [6, 6.07) is 9.06. The lowest BCUT2D eigenvalue weighted by atomic mass is 9.93. The standard InChI is InChI=1S/C19H17NO3/c1-3-4-5-6-8-13-11-14-9-7-10-15-17(14)16(12-13)19(22)20(23-2)18(15)21/h7,9-12H,3-5H2,1-2H3. The normalized spacial score (nSPS) is 13.2. The number of amides is 2. The Morgan fingerprint density at radius 1 is 1.13 bits per heavy atom. The number of hydroxylamine groups is 2. The van der Waals surface area contributed by atoms with Crippen molar-refractivity contribution in [2.75, 3.05) is 7.11 Å². The van der Waals surface area contributed by atoms with E-state index in [-0.39, 0.29) is 0 Å². The lowest BCUT2D eigenvalue weighted by Crippen LogP contribution is -2.39. The molecule has 2 amide bonds. The van der Waals surface area contributed by atoms with Crippen LogP contribution in [0.25, 0.3) is 10.8 Å². The highest BCUT2D eigenvalue weighted by molar-refractivity contribution is 6.25. The Morgan fingerprint density at radius 2 is 1.91 bits per heavy atom. The number of carbonyl (C=O) groups excluding carboxylic acids is 2. The van der Waals surface area contributed by atoms with Gasteiger partial charge in [-0.1, -0.05) is 37.3 Å². The molecule has 2 aromatic rings. The topological polar surface area (TPSA) is 46.6 Å². The molecule has 4 nitrogen and oxygen atoms in total. The predicted octanol–water partition coefficient (Wildman–Crippen LogP) is 3.54. The second-order valence-electron chi connectivity index (χ2n) is 5.42. The van der Waals surface area contributed by atoms with Gasteiger partial charge in [-0.3, -0.25) is 14.4 Å². The molecule has 0 atom stereocenters. The van der Waals surface area contributed by atoms with Crippen molar-refractivity contribution in [1.29, 1.82) is 0 Å². The molecule has 0 saturated heterocycles. The monoisotopic (exact) mass is 307 g/mol. The second-order valence-corrected chi connectivity index (χ2v) is 5.42. The molecule has 0 radical (unpaired) electrons. The zero-order valence-corrected chi connectivity index (χ0v) is 13.2. The molecule has 0 spiro atoms. The first-order valence-corrected chi connectivity index (χ1v) is 7.66. The van der Waals surface area contributed by atoms with Gasteiger partial charge in [0.25, 0.3) is 11.8 Å². The molecule has 3 rings (SSSR count). The van der Waals surface area contributed by atoms with E-state index in [1.807, 2.05) is 12.1 Å². The van der Waals surface area contributed by atoms with Gasteiger partial charge in [-0.2, -0.15) is 0 Å². The number of rotatable bonds is 3. The third-order valence-corrected chi connectivity index (χ3v) is 3.88. The van der Waals surface area contributed by atoms with Crippen molar-refractivity contribution < 1.29 is 14.4 Å². The predicted molar refractivity (Wildman–Crippen MR) is 87.9 cm³/mol. The summed E-state index contributed by atoms with van der Waals surface area (Å²) in [5, 5.41) is 2.32. The van der Waals surface area contributed by atoms with Crippen LogP contribution in [0.4, 0.5) is 0 Å². The van der Waals surface area contributed by atoms with Crippen molar-refractivity contribution in [1.82, 2.24) is 5.06 Å². The SMILES string of the molecule is CCCCC#Cc1cc2c3c(cccc3c1)C(=O)N(OC)C2=O. The fourth-order valence-corrected chi connectivity index (χ4v) is 2.75. The quantitative estimate of drug-likeness (QED) is 0.495. The molecule has 0 saturated carbocycles. The lowest BCUT2D eigenvalue weighted by molar-refractivity contribution is -0.0689. The van der Waals surface area contributed by atoms with Gasteiger partial charge in [-0.05, 0) is 30.0 Å². The number of carbonyl (C=O) groups is 2. The van der Waals surface area contributed by atoms with Gasteiger partial charge in [0.15, 0.2) is 0 Å². The fraction of sp³-hybridized carbons (Fsp3) is 0.263. The van der Waals surface area contributed by atoms with Crippen LogP contribution in [0.5, 0.6) is 0 Å². The zero-order chi connectivity index (χ0) is 16.4. The Morgan fingerprint density at radius 3 is 2.65 bits per heavy atom. The molecule has 0 aliphatic carbocycles. The van der Waals surface area contributed by atoms with Crippen LogP contribution in [0.3, 0.4) is 0 Å². The Hall–Kier alpha value is -2.64. The average Bonchev–Trinajstić information content (AvgIpc) is 2.57. The van der Waals surface area contributed by atoms with E-state index in [1.165, 1.54) is 7.11 Å². The molecule has 0 N–H and O–H groups in total. The molecular weight excluding hydrogens is 290 g/mol. The van der Waals surface area contributed by atoms with Gasteiger partial charge in [0, 0.05) is 17.4 Å². The summed E-state index contributed by atoms with van der Waals surface area (Å²) in [5.74, 6) is 5.36.